The lowest BCUT2D eigenvalue weighted by atomic mass is 9.94. The maximum Gasteiger partial charge on any atom is 0.244 e. The first-order valence-corrected chi connectivity index (χ1v) is 17.2. The predicted molar refractivity (Wildman–Crippen MR) is 172 cm³/mol. The second kappa shape index (κ2) is 14.5. The molecule has 0 aliphatic heterocycles. The summed E-state index contributed by atoms with van der Waals surface area (Å²) >= 11 is 9.59. The Morgan fingerprint density at radius 3 is 2.26 bits per heavy atom. The zero-order chi connectivity index (χ0) is 30.3. The molecule has 2 amide bonds. The van der Waals surface area contributed by atoms with Crippen LogP contribution in [0.1, 0.15) is 48.8 Å². The van der Waals surface area contributed by atoms with Crippen LogP contribution in [0.2, 0.25) is 5.02 Å². The zero-order valence-corrected chi connectivity index (χ0v) is 27.1. The van der Waals surface area contributed by atoms with E-state index in [9.17, 15) is 18.0 Å². The number of aryl methyl sites for hydroxylation is 1. The minimum Gasteiger partial charge on any atom is -0.352 e. The Kier molecular flexibility index (Phi) is 11.1. The molecule has 1 aliphatic rings. The van der Waals surface area contributed by atoms with E-state index in [4.69, 9.17) is 11.6 Å². The molecule has 0 aromatic heterocycles. The lowest BCUT2D eigenvalue weighted by Crippen LogP contribution is -2.55. The SMILES string of the molecule is Cc1cc(Cl)ccc1N(CC(=O)N(Cc1ccc(Br)cc1)C(Cc1ccccc1)C(=O)NC1CCCCC1)S(C)(=O)=O. The van der Waals surface area contributed by atoms with Gasteiger partial charge in [0.15, 0.2) is 0 Å². The van der Waals surface area contributed by atoms with E-state index in [-0.39, 0.29) is 18.5 Å². The summed E-state index contributed by atoms with van der Waals surface area (Å²) in [6.45, 7) is 1.43. The van der Waals surface area contributed by atoms with Gasteiger partial charge in [0.2, 0.25) is 21.8 Å². The molecule has 1 unspecified atom stereocenters. The molecule has 1 saturated carbocycles. The summed E-state index contributed by atoms with van der Waals surface area (Å²) in [5, 5.41) is 3.68. The minimum atomic E-state index is -3.85. The van der Waals surface area contributed by atoms with Crippen molar-refractivity contribution in [3.63, 3.8) is 0 Å². The molecule has 0 bridgehead atoms. The van der Waals surface area contributed by atoms with Gasteiger partial charge in [0.25, 0.3) is 0 Å². The highest BCUT2D eigenvalue weighted by molar-refractivity contribution is 9.10. The number of nitrogens with zero attached hydrogens (tertiary/aromatic N) is 2. The third-order valence-corrected chi connectivity index (χ3v) is 9.49. The van der Waals surface area contributed by atoms with Gasteiger partial charge in [-0.25, -0.2) is 8.42 Å². The highest BCUT2D eigenvalue weighted by Crippen LogP contribution is 2.27. The number of anilines is 1. The molecule has 3 aromatic rings. The molecule has 42 heavy (non-hydrogen) atoms. The Hall–Kier alpha value is -2.88. The molecule has 1 fully saturated rings. The van der Waals surface area contributed by atoms with Gasteiger partial charge in [0, 0.05) is 28.5 Å². The minimum absolute atomic E-state index is 0.0541. The molecule has 0 spiro atoms. The monoisotopic (exact) mass is 673 g/mol. The molecule has 1 atom stereocenters. The number of rotatable bonds is 11. The molecular formula is C32H37BrClN3O4S. The summed E-state index contributed by atoms with van der Waals surface area (Å²) in [5.74, 6) is -0.706. The van der Waals surface area contributed by atoms with Crippen LogP contribution in [0.15, 0.2) is 77.3 Å². The van der Waals surface area contributed by atoms with Crippen LogP contribution >= 0.6 is 27.5 Å². The molecule has 1 aliphatic carbocycles. The second-order valence-corrected chi connectivity index (χ2v) is 14.2. The average molecular weight is 675 g/mol. The van der Waals surface area contributed by atoms with Gasteiger partial charge < -0.3 is 10.2 Å². The topological polar surface area (TPSA) is 86.8 Å². The first-order chi connectivity index (χ1) is 20.0. The van der Waals surface area contributed by atoms with Crippen molar-refractivity contribution < 1.29 is 18.0 Å². The van der Waals surface area contributed by atoms with Crippen molar-refractivity contribution in [3.8, 4) is 0 Å². The second-order valence-electron chi connectivity index (χ2n) is 10.9. The van der Waals surface area contributed by atoms with Crippen molar-refractivity contribution in [3.05, 3.63) is 99.0 Å². The van der Waals surface area contributed by atoms with E-state index >= 15 is 0 Å². The summed E-state index contributed by atoms with van der Waals surface area (Å²) in [6.07, 6.45) is 6.44. The number of hydrogen-bond donors (Lipinski definition) is 1. The Balaban J connectivity index is 1.73. The average Bonchev–Trinajstić information content (AvgIpc) is 2.95. The van der Waals surface area contributed by atoms with E-state index in [1.807, 2.05) is 54.6 Å². The van der Waals surface area contributed by atoms with E-state index in [1.165, 1.54) is 4.90 Å². The van der Waals surface area contributed by atoms with Gasteiger partial charge in [-0.3, -0.25) is 13.9 Å². The molecule has 0 heterocycles. The van der Waals surface area contributed by atoms with Crippen molar-refractivity contribution in [2.75, 3.05) is 17.1 Å². The predicted octanol–water partition coefficient (Wildman–Crippen LogP) is 6.27. The Labute approximate surface area is 262 Å². The molecule has 0 saturated heterocycles. The van der Waals surface area contributed by atoms with Crippen molar-refractivity contribution >= 4 is 55.1 Å². The fraction of sp³-hybridized carbons (Fsp3) is 0.375. The number of amides is 2. The molecule has 3 aromatic carbocycles. The highest BCUT2D eigenvalue weighted by Gasteiger charge is 2.34. The first kappa shape index (κ1) is 32.0. The van der Waals surface area contributed by atoms with Crippen molar-refractivity contribution in [1.82, 2.24) is 10.2 Å². The first-order valence-electron chi connectivity index (χ1n) is 14.1. The fourth-order valence-corrected chi connectivity index (χ4v) is 6.78. The maximum atomic E-state index is 14.3. The van der Waals surface area contributed by atoms with E-state index in [0.29, 0.717) is 22.7 Å². The van der Waals surface area contributed by atoms with Crippen LogP contribution in [-0.2, 0) is 32.6 Å². The van der Waals surface area contributed by atoms with E-state index in [2.05, 4.69) is 21.2 Å². The lowest BCUT2D eigenvalue weighted by Gasteiger charge is -2.35. The lowest BCUT2D eigenvalue weighted by molar-refractivity contribution is -0.140. The highest BCUT2D eigenvalue weighted by atomic mass is 79.9. The van der Waals surface area contributed by atoms with Crippen LogP contribution in [0.25, 0.3) is 0 Å². The summed E-state index contributed by atoms with van der Waals surface area (Å²) in [5.41, 5.74) is 2.72. The van der Waals surface area contributed by atoms with Gasteiger partial charge in [-0.2, -0.15) is 0 Å². The number of carbonyl (C=O) groups is 2. The smallest absolute Gasteiger partial charge is 0.244 e. The third kappa shape index (κ3) is 8.82. The number of hydrogen-bond acceptors (Lipinski definition) is 4. The molecule has 7 nitrogen and oxygen atoms in total. The zero-order valence-electron chi connectivity index (χ0n) is 23.9. The normalized spacial score (nSPS) is 14.7. The van der Waals surface area contributed by atoms with Crippen molar-refractivity contribution in [1.29, 1.82) is 0 Å². The largest absolute Gasteiger partial charge is 0.352 e. The van der Waals surface area contributed by atoms with Crippen LogP contribution < -0.4 is 9.62 Å². The maximum absolute atomic E-state index is 14.3. The van der Waals surface area contributed by atoms with E-state index in [0.717, 1.165) is 58.3 Å². The Bertz CT molecular complexity index is 1480. The quantitative estimate of drug-likeness (QED) is 0.260. The Morgan fingerprint density at radius 1 is 0.976 bits per heavy atom. The molecule has 1 N–H and O–H groups in total. The summed E-state index contributed by atoms with van der Waals surface area (Å²) in [7, 11) is -3.85. The number of benzene rings is 3. The van der Waals surface area contributed by atoms with Crippen molar-refractivity contribution in [2.45, 2.75) is 64.1 Å². The van der Waals surface area contributed by atoms with E-state index in [1.54, 1.807) is 25.1 Å². The van der Waals surface area contributed by atoms with Gasteiger partial charge >= 0.3 is 0 Å². The van der Waals surface area contributed by atoms with Gasteiger partial charge in [0.1, 0.15) is 12.6 Å². The molecular weight excluding hydrogens is 638 g/mol. The van der Waals surface area contributed by atoms with Crippen LogP contribution in [0.3, 0.4) is 0 Å². The number of halogens is 2. The third-order valence-electron chi connectivity index (χ3n) is 7.60. The van der Waals surface area contributed by atoms with E-state index < -0.39 is 28.5 Å². The number of nitrogens with one attached hydrogen (secondary N) is 1. The van der Waals surface area contributed by atoms with Crippen LogP contribution in [0, 0.1) is 6.92 Å². The van der Waals surface area contributed by atoms with Gasteiger partial charge in [-0.1, -0.05) is 89.3 Å². The standard InChI is InChI=1S/C32H37BrClN3O4S/c1-23-19-27(34)17-18-29(23)37(42(2,40)41)22-31(38)36(21-25-13-15-26(33)16-14-25)30(20-24-9-5-3-6-10-24)32(39)35-28-11-7-4-8-12-28/h3,5-6,9-10,13-19,28,30H,4,7-8,11-12,20-22H2,1-2H3,(H,35,39). The van der Waals surface area contributed by atoms with Crippen LogP contribution in [0.5, 0.6) is 0 Å². The molecule has 0 radical (unpaired) electrons. The Morgan fingerprint density at radius 2 is 1.64 bits per heavy atom. The summed E-state index contributed by atoms with van der Waals surface area (Å²) in [6, 6.07) is 21.2. The van der Waals surface area contributed by atoms with Crippen LogP contribution in [0.4, 0.5) is 5.69 Å². The number of sulfonamides is 1. The summed E-state index contributed by atoms with van der Waals surface area (Å²) in [4.78, 5) is 29.8. The summed E-state index contributed by atoms with van der Waals surface area (Å²) < 4.78 is 28.0. The number of carbonyl (C=O) groups excluding carboxylic acids is 2. The molecule has 224 valence electrons. The van der Waals surface area contributed by atoms with Crippen molar-refractivity contribution in [2.24, 2.45) is 0 Å². The molecule has 10 heteroatoms. The van der Waals surface area contributed by atoms with Gasteiger partial charge in [-0.15, -0.1) is 0 Å². The van der Waals surface area contributed by atoms with Gasteiger partial charge in [0.05, 0.1) is 11.9 Å². The molecule has 4 rings (SSSR count). The van der Waals surface area contributed by atoms with Crippen LogP contribution in [-0.4, -0.2) is 50.0 Å². The van der Waals surface area contributed by atoms with Gasteiger partial charge in [-0.05, 0) is 66.8 Å². The fourth-order valence-electron chi connectivity index (χ4n) is 5.38.